The van der Waals surface area contributed by atoms with Crippen molar-refractivity contribution in [3.05, 3.63) is 0 Å². The van der Waals surface area contributed by atoms with E-state index in [0.29, 0.717) is 44.6 Å². The number of carbonyl (C=O) groups is 1. The van der Waals surface area contributed by atoms with E-state index in [9.17, 15) is 9.90 Å². The summed E-state index contributed by atoms with van der Waals surface area (Å²) in [6.07, 6.45) is 2.49. The van der Waals surface area contributed by atoms with E-state index in [1.54, 1.807) is 0 Å². The van der Waals surface area contributed by atoms with Crippen molar-refractivity contribution in [2.75, 3.05) is 26.3 Å². The molecular formula is C13H23NO3. The number of rotatable bonds is 3. The third kappa shape index (κ3) is 2.63. The Kier molecular flexibility index (Phi) is 3.73. The lowest BCUT2D eigenvalue weighted by atomic mass is 9.79. The number of aliphatic carboxylic acids is 1. The Morgan fingerprint density at radius 3 is 2.53 bits per heavy atom. The van der Waals surface area contributed by atoms with Gasteiger partial charge in [0.1, 0.15) is 0 Å². The second-order valence-corrected chi connectivity index (χ2v) is 5.82. The van der Waals surface area contributed by atoms with Crippen LogP contribution in [-0.4, -0.2) is 48.3 Å². The maximum Gasteiger partial charge on any atom is 0.311 e. The molecule has 2 rings (SSSR count). The zero-order valence-electron chi connectivity index (χ0n) is 10.8. The minimum absolute atomic E-state index is 0.518. The highest BCUT2D eigenvalue weighted by atomic mass is 16.5. The maximum atomic E-state index is 11.6. The number of hydrogen-bond donors (Lipinski definition) is 1. The average molecular weight is 241 g/mol. The third-order valence-corrected chi connectivity index (χ3v) is 4.32. The topological polar surface area (TPSA) is 49.8 Å². The summed E-state index contributed by atoms with van der Waals surface area (Å²) in [5, 5.41) is 9.52. The van der Waals surface area contributed by atoms with E-state index < -0.39 is 11.4 Å². The monoisotopic (exact) mass is 241 g/mol. The van der Waals surface area contributed by atoms with Crippen LogP contribution in [0.3, 0.4) is 0 Å². The van der Waals surface area contributed by atoms with Crippen LogP contribution >= 0.6 is 0 Å². The van der Waals surface area contributed by atoms with Crippen LogP contribution in [0.25, 0.3) is 0 Å². The molecule has 0 amide bonds. The van der Waals surface area contributed by atoms with Gasteiger partial charge in [-0.2, -0.15) is 0 Å². The van der Waals surface area contributed by atoms with E-state index in [-0.39, 0.29) is 0 Å². The van der Waals surface area contributed by atoms with E-state index in [1.807, 2.05) is 0 Å². The standard InChI is InChI=1S/C13H23NO3/c1-10-7-11(2)14(8-10)9-13(12(15)16)3-5-17-6-4-13/h10-11H,3-9H2,1-2H3,(H,15,16). The molecule has 2 unspecified atom stereocenters. The van der Waals surface area contributed by atoms with Gasteiger partial charge < -0.3 is 9.84 Å². The molecule has 2 heterocycles. The van der Waals surface area contributed by atoms with Crippen LogP contribution < -0.4 is 0 Å². The fraction of sp³-hybridized carbons (Fsp3) is 0.923. The van der Waals surface area contributed by atoms with Crippen molar-refractivity contribution in [1.29, 1.82) is 0 Å². The van der Waals surface area contributed by atoms with Gasteiger partial charge in [-0.3, -0.25) is 9.69 Å². The molecule has 98 valence electrons. The number of carboxylic acid groups (broad SMARTS) is 1. The van der Waals surface area contributed by atoms with Gasteiger partial charge in [-0.25, -0.2) is 0 Å². The fourth-order valence-corrected chi connectivity index (χ4v) is 3.20. The van der Waals surface area contributed by atoms with E-state index in [2.05, 4.69) is 18.7 Å². The van der Waals surface area contributed by atoms with Crippen molar-refractivity contribution in [3.8, 4) is 0 Å². The summed E-state index contributed by atoms with van der Waals surface area (Å²) < 4.78 is 5.31. The molecular weight excluding hydrogens is 218 g/mol. The Morgan fingerprint density at radius 2 is 2.06 bits per heavy atom. The molecule has 0 aromatic carbocycles. The normalized spacial score (nSPS) is 33.8. The van der Waals surface area contributed by atoms with Gasteiger partial charge in [0.25, 0.3) is 0 Å². The van der Waals surface area contributed by atoms with Crippen LogP contribution in [0.15, 0.2) is 0 Å². The predicted molar refractivity (Wildman–Crippen MR) is 64.9 cm³/mol. The van der Waals surface area contributed by atoms with Gasteiger partial charge in [-0.1, -0.05) is 6.92 Å². The van der Waals surface area contributed by atoms with Crippen LogP contribution in [0.5, 0.6) is 0 Å². The van der Waals surface area contributed by atoms with E-state index in [0.717, 1.165) is 6.54 Å². The minimum atomic E-state index is -0.646. The molecule has 2 aliphatic rings. The number of nitrogens with zero attached hydrogens (tertiary/aromatic N) is 1. The van der Waals surface area contributed by atoms with E-state index in [4.69, 9.17) is 4.74 Å². The highest BCUT2D eigenvalue weighted by molar-refractivity contribution is 5.75. The van der Waals surface area contributed by atoms with Gasteiger partial charge in [0, 0.05) is 32.3 Å². The zero-order valence-corrected chi connectivity index (χ0v) is 10.8. The smallest absolute Gasteiger partial charge is 0.311 e. The largest absolute Gasteiger partial charge is 0.481 e. The van der Waals surface area contributed by atoms with Crippen molar-refractivity contribution < 1.29 is 14.6 Å². The summed E-state index contributed by atoms with van der Waals surface area (Å²) >= 11 is 0. The van der Waals surface area contributed by atoms with Gasteiger partial charge >= 0.3 is 5.97 Å². The zero-order chi connectivity index (χ0) is 12.5. The second kappa shape index (κ2) is 4.94. The molecule has 2 aliphatic heterocycles. The lowest BCUT2D eigenvalue weighted by Crippen LogP contribution is -2.47. The molecule has 2 saturated heterocycles. The molecule has 2 fully saturated rings. The van der Waals surface area contributed by atoms with E-state index in [1.165, 1.54) is 6.42 Å². The lowest BCUT2D eigenvalue weighted by Gasteiger charge is -2.37. The first-order valence-electron chi connectivity index (χ1n) is 6.59. The van der Waals surface area contributed by atoms with Crippen LogP contribution in [0.1, 0.15) is 33.1 Å². The Bertz CT molecular complexity index is 286. The summed E-state index contributed by atoms with van der Waals surface area (Å²) in [5.41, 5.74) is -0.573. The summed E-state index contributed by atoms with van der Waals surface area (Å²) in [7, 11) is 0. The minimum Gasteiger partial charge on any atom is -0.481 e. The van der Waals surface area contributed by atoms with Gasteiger partial charge in [0.15, 0.2) is 0 Å². The van der Waals surface area contributed by atoms with Gasteiger partial charge in [-0.05, 0) is 32.1 Å². The first-order chi connectivity index (χ1) is 8.03. The van der Waals surface area contributed by atoms with Crippen LogP contribution in [0, 0.1) is 11.3 Å². The van der Waals surface area contributed by atoms with E-state index >= 15 is 0 Å². The SMILES string of the molecule is CC1CC(C)N(CC2(C(=O)O)CCOCC2)C1. The van der Waals surface area contributed by atoms with Crippen LogP contribution in [-0.2, 0) is 9.53 Å². The quantitative estimate of drug-likeness (QED) is 0.815. The molecule has 0 spiro atoms. The third-order valence-electron chi connectivity index (χ3n) is 4.32. The van der Waals surface area contributed by atoms with Gasteiger partial charge in [0.05, 0.1) is 5.41 Å². The lowest BCUT2D eigenvalue weighted by molar-refractivity contribution is -0.156. The summed E-state index contributed by atoms with van der Waals surface area (Å²) in [5.74, 6) is 0.0447. The van der Waals surface area contributed by atoms with Crippen molar-refractivity contribution in [3.63, 3.8) is 0 Å². The Morgan fingerprint density at radius 1 is 1.41 bits per heavy atom. The molecule has 1 N–H and O–H groups in total. The number of ether oxygens (including phenoxy) is 1. The first kappa shape index (κ1) is 12.8. The average Bonchev–Trinajstić information content (AvgIpc) is 2.58. The molecule has 17 heavy (non-hydrogen) atoms. The molecule has 0 saturated carbocycles. The first-order valence-corrected chi connectivity index (χ1v) is 6.59. The number of hydrogen-bond acceptors (Lipinski definition) is 3. The molecule has 4 heteroatoms. The summed E-state index contributed by atoms with van der Waals surface area (Å²) in [4.78, 5) is 13.9. The molecule has 0 aliphatic carbocycles. The highest BCUT2D eigenvalue weighted by Crippen LogP contribution is 2.35. The number of likely N-dealkylation sites (tertiary alicyclic amines) is 1. The predicted octanol–water partition coefficient (Wildman–Crippen LogP) is 1.60. The van der Waals surface area contributed by atoms with Gasteiger partial charge in [0.2, 0.25) is 0 Å². The Hall–Kier alpha value is -0.610. The van der Waals surface area contributed by atoms with Crippen molar-refractivity contribution in [2.24, 2.45) is 11.3 Å². The number of carboxylic acids is 1. The Labute approximate surface area is 103 Å². The van der Waals surface area contributed by atoms with Crippen LogP contribution in [0.2, 0.25) is 0 Å². The van der Waals surface area contributed by atoms with Crippen molar-refractivity contribution in [1.82, 2.24) is 4.90 Å². The summed E-state index contributed by atoms with van der Waals surface area (Å²) in [6, 6.07) is 0.518. The molecule has 0 aromatic rings. The van der Waals surface area contributed by atoms with Crippen molar-refractivity contribution >= 4 is 5.97 Å². The molecule has 0 radical (unpaired) electrons. The van der Waals surface area contributed by atoms with Crippen molar-refractivity contribution in [2.45, 2.75) is 39.2 Å². The van der Waals surface area contributed by atoms with Crippen LogP contribution in [0.4, 0.5) is 0 Å². The Balaban J connectivity index is 2.05. The molecule has 4 nitrogen and oxygen atoms in total. The molecule has 0 aromatic heterocycles. The highest BCUT2D eigenvalue weighted by Gasteiger charge is 2.43. The second-order valence-electron chi connectivity index (χ2n) is 5.82. The molecule has 2 atom stereocenters. The summed E-state index contributed by atoms with van der Waals surface area (Å²) in [6.45, 7) is 7.36. The molecule has 0 bridgehead atoms. The maximum absolute atomic E-state index is 11.6. The van der Waals surface area contributed by atoms with Gasteiger partial charge in [-0.15, -0.1) is 0 Å². The fourth-order valence-electron chi connectivity index (χ4n) is 3.20.